The van der Waals surface area contributed by atoms with Crippen LogP contribution in [0.3, 0.4) is 0 Å². The quantitative estimate of drug-likeness (QED) is 0.829. The average molecular weight is 328 g/mol. The third-order valence-corrected chi connectivity index (χ3v) is 4.05. The van der Waals surface area contributed by atoms with Gasteiger partial charge in [0, 0.05) is 11.4 Å². The molecule has 0 saturated heterocycles. The van der Waals surface area contributed by atoms with Crippen LogP contribution < -0.4 is 5.32 Å². The average Bonchev–Trinajstić information content (AvgIpc) is 2.84. The topological polar surface area (TPSA) is 60.3 Å². The molecule has 0 aliphatic rings. The Morgan fingerprint density at radius 3 is 2.50 bits per heavy atom. The number of benzene rings is 1. The molecule has 1 aromatic carbocycles. The van der Waals surface area contributed by atoms with Crippen molar-refractivity contribution in [3.05, 3.63) is 58.9 Å². The lowest BCUT2D eigenvalue weighted by Crippen LogP contribution is -2.30. The fraction of sp³-hybridized carbons (Fsp3) is 0.368. The number of aryl methyl sites for hydroxylation is 1. The molecule has 1 N–H and O–H groups in total. The Bertz CT molecular complexity index is 720. The second kappa shape index (κ2) is 7.81. The van der Waals surface area contributed by atoms with E-state index in [2.05, 4.69) is 5.32 Å². The van der Waals surface area contributed by atoms with Gasteiger partial charge in [-0.2, -0.15) is 0 Å². The number of nitrogens with zero attached hydrogens (tertiary/aromatic N) is 1. The predicted molar refractivity (Wildman–Crippen MR) is 92.9 cm³/mol. The van der Waals surface area contributed by atoms with Crippen molar-refractivity contribution in [3.63, 3.8) is 0 Å². The molecule has 0 saturated carbocycles. The van der Waals surface area contributed by atoms with E-state index in [9.17, 15) is 9.59 Å². The maximum Gasteiger partial charge on any atom is 0.339 e. The van der Waals surface area contributed by atoms with Crippen LogP contribution in [0.1, 0.15) is 47.2 Å². The minimum absolute atomic E-state index is 0.0700. The summed E-state index contributed by atoms with van der Waals surface area (Å²) in [6.07, 6.45) is 0. The molecular formula is C19H24N2O3. The fourth-order valence-corrected chi connectivity index (χ4v) is 2.72. The van der Waals surface area contributed by atoms with Crippen LogP contribution in [0.15, 0.2) is 36.4 Å². The molecule has 0 bridgehead atoms. The summed E-state index contributed by atoms with van der Waals surface area (Å²) in [4.78, 5) is 24.3. The van der Waals surface area contributed by atoms with Gasteiger partial charge in [-0.15, -0.1) is 0 Å². The second-order valence-corrected chi connectivity index (χ2v) is 5.79. The summed E-state index contributed by atoms with van der Waals surface area (Å²) in [5.41, 5.74) is 3.17. The molecule has 0 unspecified atom stereocenters. The smallest absolute Gasteiger partial charge is 0.339 e. The molecule has 0 spiro atoms. The zero-order valence-corrected chi connectivity index (χ0v) is 14.6. The SMILES string of the molecule is CCOC(=O)c1cc(C)n(CC(=O)N[C@@H](C)c2ccccc2)c1C. The molecule has 128 valence electrons. The number of amides is 1. The molecule has 5 nitrogen and oxygen atoms in total. The Hall–Kier alpha value is -2.56. The van der Waals surface area contributed by atoms with Crippen molar-refractivity contribution in [1.82, 2.24) is 9.88 Å². The molecule has 1 heterocycles. The summed E-state index contributed by atoms with van der Waals surface area (Å²) in [7, 11) is 0. The summed E-state index contributed by atoms with van der Waals surface area (Å²) in [6, 6.07) is 11.5. The molecule has 1 amide bonds. The van der Waals surface area contributed by atoms with Crippen molar-refractivity contribution in [2.45, 2.75) is 40.3 Å². The van der Waals surface area contributed by atoms with E-state index >= 15 is 0 Å². The van der Waals surface area contributed by atoms with Crippen LogP contribution in [-0.2, 0) is 16.1 Å². The summed E-state index contributed by atoms with van der Waals surface area (Å²) in [5.74, 6) is -0.446. The maximum absolute atomic E-state index is 12.4. The normalized spacial score (nSPS) is 11.8. The Kier molecular flexibility index (Phi) is 5.79. The largest absolute Gasteiger partial charge is 0.462 e. The molecule has 2 rings (SSSR count). The third kappa shape index (κ3) is 4.04. The van der Waals surface area contributed by atoms with Crippen molar-refractivity contribution < 1.29 is 14.3 Å². The van der Waals surface area contributed by atoms with E-state index in [0.717, 1.165) is 17.0 Å². The minimum atomic E-state index is -0.352. The Morgan fingerprint density at radius 1 is 1.21 bits per heavy atom. The number of carbonyl (C=O) groups excluding carboxylic acids is 2. The van der Waals surface area contributed by atoms with Crippen LogP contribution in [0.5, 0.6) is 0 Å². The van der Waals surface area contributed by atoms with Crippen molar-refractivity contribution in [1.29, 1.82) is 0 Å². The van der Waals surface area contributed by atoms with Crippen molar-refractivity contribution in [2.24, 2.45) is 0 Å². The van der Waals surface area contributed by atoms with Gasteiger partial charge >= 0.3 is 5.97 Å². The zero-order valence-electron chi connectivity index (χ0n) is 14.6. The van der Waals surface area contributed by atoms with Gasteiger partial charge in [-0.1, -0.05) is 30.3 Å². The van der Waals surface area contributed by atoms with Crippen molar-refractivity contribution in [3.8, 4) is 0 Å². The highest BCUT2D eigenvalue weighted by Crippen LogP contribution is 2.17. The van der Waals surface area contributed by atoms with Crippen LogP contribution in [0, 0.1) is 13.8 Å². The molecule has 0 radical (unpaired) electrons. The molecule has 5 heteroatoms. The first-order valence-electron chi connectivity index (χ1n) is 8.12. The maximum atomic E-state index is 12.4. The van der Waals surface area contributed by atoms with Gasteiger partial charge < -0.3 is 14.6 Å². The van der Waals surface area contributed by atoms with Crippen LogP contribution >= 0.6 is 0 Å². The molecule has 0 fully saturated rings. The highest BCUT2D eigenvalue weighted by molar-refractivity contribution is 5.91. The molecule has 24 heavy (non-hydrogen) atoms. The van der Waals surface area contributed by atoms with E-state index in [4.69, 9.17) is 4.74 Å². The van der Waals surface area contributed by atoms with Gasteiger partial charge in [0.15, 0.2) is 0 Å². The van der Waals surface area contributed by atoms with Gasteiger partial charge in [0.1, 0.15) is 6.54 Å². The molecule has 0 aliphatic carbocycles. The van der Waals surface area contributed by atoms with E-state index in [1.807, 2.05) is 55.7 Å². The zero-order chi connectivity index (χ0) is 17.7. The van der Waals surface area contributed by atoms with E-state index in [0.29, 0.717) is 12.2 Å². The number of esters is 1. The molecular weight excluding hydrogens is 304 g/mol. The van der Waals surface area contributed by atoms with Crippen molar-refractivity contribution >= 4 is 11.9 Å². The summed E-state index contributed by atoms with van der Waals surface area (Å²) in [6.45, 7) is 7.94. The van der Waals surface area contributed by atoms with E-state index < -0.39 is 0 Å². The minimum Gasteiger partial charge on any atom is -0.462 e. The first kappa shape index (κ1) is 17.8. The fourth-order valence-electron chi connectivity index (χ4n) is 2.72. The van der Waals surface area contributed by atoms with Gasteiger partial charge in [-0.3, -0.25) is 4.79 Å². The highest BCUT2D eigenvalue weighted by Gasteiger charge is 2.18. The number of carbonyl (C=O) groups is 2. The van der Waals surface area contributed by atoms with Crippen LogP contribution in [0.25, 0.3) is 0 Å². The van der Waals surface area contributed by atoms with Gasteiger partial charge in [0.05, 0.1) is 18.2 Å². The Morgan fingerprint density at radius 2 is 1.88 bits per heavy atom. The van der Waals surface area contributed by atoms with Gasteiger partial charge in [0.2, 0.25) is 5.91 Å². The number of hydrogen-bond acceptors (Lipinski definition) is 3. The lowest BCUT2D eigenvalue weighted by Gasteiger charge is -2.16. The monoisotopic (exact) mass is 328 g/mol. The van der Waals surface area contributed by atoms with Crippen LogP contribution in [-0.4, -0.2) is 23.1 Å². The standard InChI is InChI=1S/C19H24N2O3/c1-5-24-19(23)17-11-13(2)21(15(17)4)12-18(22)20-14(3)16-9-7-6-8-10-16/h6-11,14H,5,12H2,1-4H3,(H,20,22)/t14-/m0/s1. The third-order valence-electron chi connectivity index (χ3n) is 4.05. The summed E-state index contributed by atoms with van der Waals surface area (Å²) >= 11 is 0. The van der Waals surface area contributed by atoms with E-state index in [1.165, 1.54) is 0 Å². The van der Waals surface area contributed by atoms with E-state index in [1.54, 1.807) is 13.0 Å². The molecule has 2 aromatic rings. The van der Waals surface area contributed by atoms with Crippen LogP contribution in [0.4, 0.5) is 0 Å². The number of ether oxygens (including phenoxy) is 1. The van der Waals surface area contributed by atoms with Gasteiger partial charge in [0.25, 0.3) is 0 Å². The predicted octanol–water partition coefficient (Wildman–Crippen LogP) is 3.16. The second-order valence-electron chi connectivity index (χ2n) is 5.79. The first-order chi connectivity index (χ1) is 11.4. The molecule has 1 atom stereocenters. The number of nitrogens with one attached hydrogen (secondary N) is 1. The molecule has 0 aliphatic heterocycles. The first-order valence-corrected chi connectivity index (χ1v) is 8.12. The van der Waals surface area contributed by atoms with Gasteiger partial charge in [-0.25, -0.2) is 4.79 Å². The number of hydrogen-bond donors (Lipinski definition) is 1. The number of aromatic nitrogens is 1. The summed E-state index contributed by atoms with van der Waals surface area (Å²) in [5, 5.41) is 2.99. The van der Waals surface area contributed by atoms with Gasteiger partial charge in [-0.05, 0) is 39.3 Å². The van der Waals surface area contributed by atoms with E-state index in [-0.39, 0.29) is 24.5 Å². The number of rotatable bonds is 6. The lowest BCUT2D eigenvalue weighted by atomic mass is 10.1. The van der Waals surface area contributed by atoms with Crippen LogP contribution in [0.2, 0.25) is 0 Å². The highest BCUT2D eigenvalue weighted by atomic mass is 16.5. The Labute approximate surface area is 142 Å². The molecule has 1 aromatic heterocycles. The van der Waals surface area contributed by atoms with Crippen molar-refractivity contribution in [2.75, 3.05) is 6.61 Å². The lowest BCUT2D eigenvalue weighted by molar-refractivity contribution is -0.122. The Balaban J connectivity index is 2.08. The summed E-state index contributed by atoms with van der Waals surface area (Å²) < 4.78 is 6.88.